The highest BCUT2D eigenvalue weighted by molar-refractivity contribution is 5.91. The number of carbonyl (C=O) groups is 1. The molecule has 6 rings (SSSR count). The Hall–Kier alpha value is -2.08. The number of nitrogens with zero attached hydrogens (tertiary/aromatic N) is 3. The van der Waals surface area contributed by atoms with E-state index < -0.39 is 0 Å². The van der Waals surface area contributed by atoms with Crippen molar-refractivity contribution in [3.05, 3.63) is 34.2 Å². The standard InChI is InChI=1S/C18H22N4O2/c23-17(19-14-11-20-9-6-12(14)7-10-20)22-15-5-1-3-13-4-2-8-21(16(13)15)18(22)24/h1,3,5,12,14H,2,4,6-11H2,(H,19,23). The molecule has 4 aliphatic heterocycles. The Morgan fingerprint density at radius 1 is 1.17 bits per heavy atom. The SMILES string of the molecule is O=C(NC1CN2CCC1CC2)n1c(=O)n2c3c(cccc31)CCC2. The van der Waals surface area contributed by atoms with E-state index in [4.69, 9.17) is 0 Å². The summed E-state index contributed by atoms with van der Waals surface area (Å²) in [6.45, 7) is 3.89. The molecule has 1 aromatic carbocycles. The van der Waals surface area contributed by atoms with E-state index in [2.05, 4.69) is 16.3 Å². The fraction of sp³-hybridized carbons (Fsp3) is 0.556. The molecule has 4 aliphatic rings. The highest BCUT2D eigenvalue weighted by Gasteiger charge is 2.35. The average Bonchev–Trinajstić information content (AvgIpc) is 2.91. The van der Waals surface area contributed by atoms with Crippen molar-refractivity contribution in [1.29, 1.82) is 0 Å². The van der Waals surface area contributed by atoms with E-state index in [1.165, 1.54) is 10.1 Å². The third kappa shape index (κ3) is 1.99. The van der Waals surface area contributed by atoms with Crippen molar-refractivity contribution in [2.45, 2.75) is 38.3 Å². The minimum absolute atomic E-state index is 0.165. The molecule has 24 heavy (non-hydrogen) atoms. The van der Waals surface area contributed by atoms with Crippen molar-refractivity contribution < 1.29 is 4.79 Å². The van der Waals surface area contributed by atoms with Crippen molar-refractivity contribution in [3.8, 4) is 0 Å². The first-order chi connectivity index (χ1) is 11.7. The third-order valence-corrected chi connectivity index (χ3v) is 6.03. The van der Waals surface area contributed by atoms with Gasteiger partial charge in [0.1, 0.15) is 0 Å². The molecule has 0 saturated carbocycles. The molecule has 1 aromatic heterocycles. The van der Waals surface area contributed by atoms with Crippen LogP contribution in [-0.2, 0) is 13.0 Å². The molecule has 0 spiro atoms. The lowest BCUT2D eigenvalue weighted by Crippen LogP contribution is -2.58. The molecule has 0 aliphatic carbocycles. The smallest absolute Gasteiger partial charge is 0.333 e. The summed E-state index contributed by atoms with van der Waals surface area (Å²) in [5, 5.41) is 3.15. The van der Waals surface area contributed by atoms with E-state index in [-0.39, 0.29) is 17.8 Å². The van der Waals surface area contributed by atoms with Gasteiger partial charge in [-0.05, 0) is 56.3 Å². The summed E-state index contributed by atoms with van der Waals surface area (Å²) in [6.07, 6.45) is 4.22. The summed E-state index contributed by atoms with van der Waals surface area (Å²) >= 11 is 0. The molecule has 2 bridgehead atoms. The van der Waals surface area contributed by atoms with Gasteiger partial charge in [-0.3, -0.25) is 4.57 Å². The van der Waals surface area contributed by atoms with Crippen molar-refractivity contribution in [2.24, 2.45) is 5.92 Å². The maximum atomic E-state index is 12.9. The van der Waals surface area contributed by atoms with Crippen LogP contribution in [0, 0.1) is 5.92 Å². The number of nitrogens with one attached hydrogen (secondary N) is 1. The van der Waals surface area contributed by atoms with Crippen LogP contribution in [0.3, 0.4) is 0 Å². The normalized spacial score (nSPS) is 28.2. The number of para-hydroxylation sites is 1. The Morgan fingerprint density at radius 2 is 2.00 bits per heavy atom. The van der Waals surface area contributed by atoms with Gasteiger partial charge in [-0.25, -0.2) is 14.2 Å². The maximum Gasteiger partial charge on any atom is 0.337 e. The molecule has 1 atom stereocenters. The molecule has 1 amide bonds. The summed E-state index contributed by atoms with van der Waals surface area (Å²) in [5.74, 6) is 0.550. The number of imidazole rings is 1. The van der Waals surface area contributed by atoms with Gasteiger partial charge in [-0.2, -0.15) is 0 Å². The topological polar surface area (TPSA) is 59.3 Å². The minimum Gasteiger partial charge on any atom is -0.333 e. The summed E-state index contributed by atoms with van der Waals surface area (Å²) in [4.78, 5) is 28.1. The van der Waals surface area contributed by atoms with Gasteiger partial charge in [0, 0.05) is 19.1 Å². The van der Waals surface area contributed by atoms with Crippen LogP contribution in [0.2, 0.25) is 0 Å². The number of benzene rings is 1. The van der Waals surface area contributed by atoms with Crippen molar-refractivity contribution >= 4 is 17.1 Å². The Labute approximate surface area is 140 Å². The van der Waals surface area contributed by atoms with Crippen LogP contribution >= 0.6 is 0 Å². The second kappa shape index (κ2) is 5.21. The largest absolute Gasteiger partial charge is 0.337 e. The molecule has 1 N–H and O–H groups in total. The minimum atomic E-state index is -0.262. The number of hydrogen-bond acceptors (Lipinski definition) is 3. The lowest BCUT2D eigenvalue weighted by atomic mass is 9.84. The van der Waals surface area contributed by atoms with Gasteiger partial charge >= 0.3 is 11.7 Å². The van der Waals surface area contributed by atoms with E-state index in [1.54, 1.807) is 4.57 Å². The second-order valence-electron chi connectivity index (χ2n) is 7.35. The van der Waals surface area contributed by atoms with Gasteiger partial charge in [0.05, 0.1) is 11.0 Å². The molecule has 2 aromatic rings. The van der Waals surface area contributed by atoms with Crippen LogP contribution in [0.15, 0.2) is 23.0 Å². The highest BCUT2D eigenvalue weighted by atomic mass is 16.2. The van der Waals surface area contributed by atoms with Gasteiger partial charge in [0.2, 0.25) is 0 Å². The molecule has 3 fully saturated rings. The van der Waals surface area contributed by atoms with Gasteiger partial charge in [0.15, 0.2) is 0 Å². The maximum absolute atomic E-state index is 12.9. The number of aromatic nitrogens is 2. The number of carbonyl (C=O) groups excluding carboxylic acids is 1. The first-order valence-corrected chi connectivity index (χ1v) is 8.99. The molecule has 1 unspecified atom stereocenters. The number of amides is 1. The number of piperidine rings is 3. The van der Waals surface area contributed by atoms with Crippen molar-refractivity contribution in [3.63, 3.8) is 0 Å². The molecule has 6 nitrogen and oxygen atoms in total. The molecule has 0 radical (unpaired) electrons. The average molecular weight is 326 g/mol. The molecule has 5 heterocycles. The molecular formula is C18H22N4O2. The second-order valence-corrected chi connectivity index (χ2v) is 7.35. The molecule has 6 heteroatoms. The van der Waals surface area contributed by atoms with E-state index >= 15 is 0 Å². The van der Waals surface area contributed by atoms with E-state index in [0.717, 1.165) is 56.4 Å². The number of hydrogen-bond donors (Lipinski definition) is 1. The van der Waals surface area contributed by atoms with Crippen LogP contribution in [0.5, 0.6) is 0 Å². The molecule has 3 saturated heterocycles. The fourth-order valence-corrected chi connectivity index (χ4v) is 4.77. The quantitative estimate of drug-likeness (QED) is 0.862. The lowest BCUT2D eigenvalue weighted by molar-refractivity contribution is 0.0767. The van der Waals surface area contributed by atoms with Gasteiger partial charge in [-0.1, -0.05) is 12.1 Å². The molecule has 126 valence electrons. The predicted molar refractivity (Wildman–Crippen MR) is 91.4 cm³/mol. The number of aryl methyl sites for hydroxylation is 2. The third-order valence-electron chi connectivity index (χ3n) is 6.03. The molecular weight excluding hydrogens is 304 g/mol. The first kappa shape index (κ1) is 14.3. The van der Waals surface area contributed by atoms with Crippen LogP contribution in [0.25, 0.3) is 11.0 Å². The Morgan fingerprint density at radius 3 is 2.75 bits per heavy atom. The number of rotatable bonds is 1. The van der Waals surface area contributed by atoms with Crippen LogP contribution in [-0.4, -0.2) is 45.7 Å². The Kier molecular flexibility index (Phi) is 3.10. The highest BCUT2D eigenvalue weighted by Crippen LogP contribution is 2.28. The Bertz CT molecular complexity index is 873. The summed E-state index contributed by atoms with van der Waals surface area (Å²) < 4.78 is 3.12. The summed E-state index contributed by atoms with van der Waals surface area (Å²) in [5.41, 5.74) is 2.66. The monoisotopic (exact) mass is 326 g/mol. The van der Waals surface area contributed by atoms with E-state index in [0.29, 0.717) is 12.5 Å². The van der Waals surface area contributed by atoms with Crippen LogP contribution in [0.1, 0.15) is 24.8 Å². The van der Waals surface area contributed by atoms with Gasteiger partial charge in [-0.15, -0.1) is 0 Å². The zero-order chi connectivity index (χ0) is 16.3. The van der Waals surface area contributed by atoms with E-state index in [1.807, 2.05) is 12.1 Å². The van der Waals surface area contributed by atoms with E-state index in [9.17, 15) is 9.59 Å². The first-order valence-electron chi connectivity index (χ1n) is 8.99. The zero-order valence-corrected chi connectivity index (χ0v) is 13.7. The van der Waals surface area contributed by atoms with Crippen molar-refractivity contribution in [2.75, 3.05) is 19.6 Å². The lowest BCUT2D eigenvalue weighted by Gasteiger charge is -2.44. The van der Waals surface area contributed by atoms with Gasteiger partial charge < -0.3 is 10.2 Å². The van der Waals surface area contributed by atoms with Gasteiger partial charge in [0.25, 0.3) is 0 Å². The fourth-order valence-electron chi connectivity index (χ4n) is 4.77. The Balaban J connectivity index is 1.53. The van der Waals surface area contributed by atoms with Crippen LogP contribution < -0.4 is 11.0 Å². The summed E-state index contributed by atoms with van der Waals surface area (Å²) in [7, 11) is 0. The van der Waals surface area contributed by atoms with Crippen molar-refractivity contribution in [1.82, 2.24) is 19.4 Å². The number of fused-ring (bicyclic) bond motifs is 3. The predicted octanol–water partition coefficient (Wildman–Crippen LogP) is 1.40. The summed E-state index contributed by atoms with van der Waals surface area (Å²) in [6, 6.07) is 5.80. The zero-order valence-electron chi connectivity index (χ0n) is 13.7. The van der Waals surface area contributed by atoms with Crippen LogP contribution in [0.4, 0.5) is 4.79 Å².